The Hall–Kier alpha value is -3.08. The summed E-state index contributed by atoms with van der Waals surface area (Å²) in [6.45, 7) is 2.14. The molecule has 24 heavy (non-hydrogen) atoms. The maximum absolute atomic E-state index is 4.83. The lowest BCUT2D eigenvalue weighted by atomic mass is 10.1. The van der Waals surface area contributed by atoms with Crippen LogP contribution in [0.3, 0.4) is 0 Å². The van der Waals surface area contributed by atoms with Crippen LogP contribution in [0.1, 0.15) is 19.0 Å². The van der Waals surface area contributed by atoms with E-state index < -0.39 is 0 Å². The van der Waals surface area contributed by atoms with E-state index >= 15 is 0 Å². The van der Waals surface area contributed by atoms with Crippen molar-refractivity contribution in [3.8, 4) is 22.8 Å². The van der Waals surface area contributed by atoms with Crippen molar-refractivity contribution in [2.24, 2.45) is 0 Å². The van der Waals surface area contributed by atoms with Crippen molar-refractivity contribution in [1.82, 2.24) is 24.9 Å². The number of para-hydroxylation sites is 2. The highest BCUT2D eigenvalue weighted by atomic mass is 15.0. The summed E-state index contributed by atoms with van der Waals surface area (Å²) in [5, 5.41) is 0. The number of hydrogen-bond acceptors (Lipinski definition) is 4. The second-order valence-electron chi connectivity index (χ2n) is 5.64. The second kappa shape index (κ2) is 6.20. The van der Waals surface area contributed by atoms with Crippen LogP contribution in [-0.4, -0.2) is 24.9 Å². The summed E-state index contributed by atoms with van der Waals surface area (Å²) in [4.78, 5) is 21.7. The Bertz CT molecular complexity index is 942. The molecule has 0 atom stereocenters. The Kier molecular flexibility index (Phi) is 3.75. The lowest BCUT2D eigenvalue weighted by Gasteiger charge is -2.07. The normalized spacial score (nSPS) is 11.0. The second-order valence-corrected chi connectivity index (χ2v) is 5.64. The molecule has 4 rings (SSSR count). The molecule has 1 aromatic carbocycles. The fraction of sp³-hybridized carbons (Fsp3) is 0.158. The van der Waals surface area contributed by atoms with Crippen molar-refractivity contribution in [3.05, 3.63) is 60.7 Å². The first-order valence-corrected chi connectivity index (χ1v) is 8.06. The van der Waals surface area contributed by atoms with Crippen molar-refractivity contribution in [1.29, 1.82) is 0 Å². The zero-order valence-corrected chi connectivity index (χ0v) is 13.4. The van der Waals surface area contributed by atoms with Gasteiger partial charge in [0.2, 0.25) is 0 Å². The largest absolute Gasteiger partial charge is 0.337 e. The van der Waals surface area contributed by atoms with Crippen LogP contribution in [0.15, 0.2) is 55.0 Å². The molecule has 0 unspecified atom stereocenters. The van der Waals surface area contributed by atoms with E-state index in [1.54, 1.807) is 12.4 Å². The van der Waals surface area contributed by atoms with Gasteiger partial charge in [0.1, 0.15) is 5.69 Å². The van der Waals surface area contributed by atoms with E-state index in [4.69, 9.17) is 4.98 Å². The van der Waals surface area contributed by atoms with Crippen LogP contribution in [0.5, 0.6) is 0 Å². The molecule has 4 aromatic rings. The number of nitrogens with zero attached hydrogens (tertiary/aromatic N) is 4. The number of hydrogen-bond donors (Lipinski definition) is 1. The Morgan fingerprint density at radius 1 is 1.00 bits per heavy atom. The topological polar surface area (TPSA) is 67.3 Å². The van der Waals surface area contributed by atoms with Gasteiger partial charge in [-0.05, 0) is 30.7 Å². The van der Waals surface area contributed by atoms with Crippen molar-refractivity contribution in [2.75, 3.05) is 0 Å². The zero-order valence-electron chi connectivity index (χ0n) is 13.4. The SMILES string of the molecule is CCCc1ncc(-c2cccnc2)nc1-c1nc2ccccc2[nH]1. The number of imidazole rings is 1. The number of rotatable bonds is 4. The van der Waals surface area contributed by atoms with Crippen LogP contribution in [-0.2, 0) is 6.42 Å². The van der Waals surface area contributed by atoms with Crippen LogP contribution < -0.4 is 0 Å². The molecule has 0 aliphatic heterocycles. The van der Waals surface area contributed by atoms with Crippen molar-refractivity contribution >= 4 is 11.0 Å². The van der Waals surface area contributed by atoms with Gasteiger partial charge in [-0.1, -0.05) is 25.5 Å². The van der Waals surface area contributed by atoms with Gasteiger partial charge in [0, 0.05) is 18.0 Å². The van der Waals surface area contributed by atoms with E-state index in [0.29, 0.717) is 0 Å². The minimum absolute atomic E-state index is 0.762. The number of aromatic amines is 1. The summed E-state index contributed by atoms with van der Waals surface area (Å²) in [6, 6.07) is 11.9. The van der Waals surface area contributed by atoms with Crippen LogP contribution in [0, 0.1) is 0 Å². The average molecular weight is 315 g/mol. The van der Waals surface area contributed by atoms with Gasteiger partial charge < -0.3 is 4.98 Å². The summed E-state index contributed by atoms with van der Waals surface area (Å²) in [5.74, 6) is 0.762. The molecule has 0 aliphatic rings. The molecule has 0 saturated carbocycles. The van der Waals surface area contributed by atoms with Crippen molar-refractivity contribution in [2.45, 2.75) is 19.8 Å². The van der Waals surface area contributed by atoms with E-state index in [1.807, 2.05) is 42.6 Å². The van der Waals surface area contributed by atoms with Crippen LogP contribution in [0.25, 0.3) is 33.8 Å². The number of fused-ring (bicyclic) bond motifs is 1. The van der Waals surface area contributed by atoms with Gasteiger partial charge >= 0.3 is 0 Å². The van der Waals surface area contributed by atoms with Crippen LogP contribution in [0.2, 0.25) is 0 Å². The number of aryl methyl sites for hydroxylation is 1. The van der Waals surface area contributed by atoms with Gasteiger partial charge in [-0.25, -0.2) is 9.97 Å². The number of H-pyrrole nitrogens is 1. The number of benzene rings is 1. The molecule has 3 heterocycles. The number of nitrogens with one attached hydrogen (secondary N) is 1. The number of pyridine rings is 1. The number of aromatic nitrogens is 5. The molecule has 0 aliphatic carbocycles. The Balaban J connectivity index is 1.87. The molecular weight excluding hydrogens is 298 g/mol. The third kappa shape index (κ3) is 2.65. The highest BCUT2D eigenvalue weighted by molar-refractivity contribution is 5.79. The van der Waals surface area contributed by atoms with E-state index in [9.17, 15) is 0 Å². The monoisotopic (exact) mass is 315 g/mol. The van der Waals surface area contributed by atoms with E-state index in [1.165, 1.54) is 0 Å². The Morgan fingerprint density at radius 3 is 2.71 bits per heavy atom. The minimum atomic E-state index is 0.762. The molecule has 3 aromatic heterocycles. The molecule has 0 fully saturated rings. The fourth-order valence-corrected chi connectivity index (χ4v) is 2.74. The van der Waals surface area contributed by atoms with Gasteiger partial charge in [-0.2, -0.15) is 0 Å². The molecule has 5 nitrogen and oxygen atoms in total. The Morgan fingerprint density at radius 2 is 1.92 bits per heavy atom. The highest BCUT2D eigenvalue weighted by Crippen LogP contribution is 2.25. The molecule has 118 valence electrons. The summed E-state index contributed by atoms with van der Waals surface area (Å²) in [5.41, 5.74) is 5.47. The lowest BCUT2D eigenvalue weighted by molar-refractivity contribution is 0.872. The minimum Gasteiger partial charge on any atom is -0.337 e. The van der Waals surface area contributed by atoms with Crippen molar-refractivity contribution < 1.29 is 0 Å². The third-order valence-electron chi connectivity index (χ3n) is 3.91. The summed E-state index contributed by atoms with van der Waals surface area (Å²) in [7, 11) is 0. The average Bonchev–Trinajstić information content (AvgIpc) is 3.07. The molecular formula is C19H17N5. The van der Waals surface area contributed by atoms with Gasteiger partial charge in [-0.3, -0.25) is 9.97 Å². The molecule has 5 heteroatoms. The molecule has 0 spiro atoms. The molecule has 0 amide bonds. The summed E-state index contributed by atoms with van der Waals surface area (Å²) < 4.78 is 0. The maximum atomic E-state index is 4.83. The smallest absolute Gasteiger partial charge is 0.159 e. The zero-order chi connectivity index (χ0) is 16.4. The molecule has 0 radical (unpaired) electrons. The van der Waals surface area contributed by atoms with E-state index in [0.717, 1.165) is 52.3 Å². The van der Waals surface area contributed by atoms with Gasteiger partial charge in [0.15, 0.2) is 5.82 Å². The van der Waals surface area contributed by atoms with Gasteiger partial charge in [0.25, 0.3) is 0 Å². The van der Waals surface area contributed by atoms with E-state index in [-0.39, 0.29) is 0 Å². The predicted molar refractivity (Wildman–Crippen MR) is 94.3 cm³/mol. The quantitative estimate of drug-likeness (QED) is 0.617. The Labute approximate surface area is 139 Å². The first kappa shape index (κ1) is 14.5. The highest BCUT2D eigenvalue weighted by Gasteiger charge is 2.14. The lowest BCUT2D eigenvalue weighted by Crippen LogP contribution is -2.00. The third-order valence-corrected chi connectivity index (χ3v) is 3.91. The summed E-state index contributed by atoms with van der Waals surface area (Å²) >= 11 is 0. The molecule has 0 bridgehead atoms. The van der Waals surface area contributed by atoms with Crippen LogP contribution >= 0.6 is 0 Å². The maximum Gasteiger partial charge on any atom is 0.159 e. The van der Waals surface area contributed by atoms with Crippen LogP contribution in [0.4, 0.5) is 0 Å². The fourth-order valence-electron chi connectivity index (χ4n) is 2.74. The van der Waals surface area contributed by atoms with Gasteiger partial charge in [-0.15, -0.1) is 0 Å². The molecule has 0 saturated heterocycles. The predicted octanol–water partition coefficient (Wildman–Crippen LogP) is 4.03. The standard InChI is InChI=1S/C19H17N5/c1-2-6-16-18(19-23-14-8-3-4-9-15(14)24-19)22-17(12-21-16)13-7-5-10-20-11-13/h3-5,7-12H,2,6H2,1H3,(H,23,24). The first-order chi connectivity index (χ1) is 11.8. The summed E-state index contributed by atoms with van der Waals surface area (Å²) in [6.07, 6.45) is 7.24. The van der Waals surface area contributed by atoms with Crippen molar-refractivity contribution in [3.63, 3.8) is 0 Å². The molecule has 1 N–H and O–H groups in total. The van der Waals surface area contributed by atoms with Gasteiger partial charge in [0.05, 0.1) is 28.6 Å². The first-order valence-electron chi connectivity index (χ1n) is 8.06. The van der Waals surface area contributed by atoms with E-state index in [2.05, 4.69) is 26.9 Å².